The van der Waals surface area contributed by atoms with E-state index in [-0.39, 0.29) is 0 Å². The van der Waals surface area contributed by atoms with Gasteiger partial charge < -0.3 is 0 Å². The third-order valence-electron chi connectivity index (χ3n) is 3.31. The van der Waals surface area contributed by atoms with Crippen LogP contribution >= 0.6 is 11.6 Å². The van der Waals surface area contributed by atoms with Crippen molar-refractivity contribution in [1.82, 2.24) is 15.2 Å². The van der Waals surface area contributed by atoms with Crippen LogP contribution in [0.5, 0.6) is 0 Å². The van der Waals surface area contributed by atoms with Crippen LogP contribution in [0.1, 0.15) is 26.3 Å². The first kappa shape index (κ1) is 23.2. The fraction of sp³-hybridized carbons (Fsp3) is 0.467. The van der Waals surface area contributed by atoms with Crippen LogP contribution in [-0.2, 0) is 25.8 Å². The van der Waals surface area contributed by atoms with Crippen molar-refractivity contribution in [3.8, 4) is 0 Å². The Hall–Kier alpha value is -1.85. The molecule has 2 amide bonds. The van der Waals surface area contributed by atoms with Crippen LogP contribution in [0.4, 0.5) is 13.2 Å². The smallest absolute Gasteiger partial charge is 0.273 e. The van der Waals surface area contributed by atoms with Gasteiger partial charge in [-0.25, -0.2) is 8.42 Å². The number of hydrazine groups is 1. The molecule has 0 aliphatic heterocycles. The topological polar surface area (TPSA) is 95.6 Å². The molecular formula is C15H19ClF3N3O4S. The summed E-state index contributed by atoms with van der Waals surface area (Å²) in [7, 11) is -3.28. The lowest BCUT2D eigenvalue weighted by Gasteiger charge is -2.20. The Morgan fingerprint density at radius 2 is 1.70 bits per heavy atom. The largest absolute Gasteiger partial charge is 0.416 e. The molecule has 0 unspecified atom stereocenters. The summed E-state index contributed by atoms with van der Waals surface area (Å²) in [6.07, 6.45) is -4.68. The molecule has 2 N–H and O–H groups in total. The minimum absolute atomic E-state index is 0.492. The van der Waals surface area contributed by atoms with Gasteiger partial charge >= 0.3 is 6.18 Å². The number of nitrogens with zero attached hydrogens (tertiary/aromatic N) is 1. The fourth-order valence-corrected chi connectivity index (χ4v) is 3.34. The number of carbonyl (C=O) groups is 2. The summed E-state index contributed by atoms with van der Waals surface area (Å²) in [5.41, 5.74) is 2.33. The number of amides is 2. The summed E-state index contributed by atoms with van der Waals surface area (Å²) in [5, 5.41) is -0.627. The number of halogens is 4. The maximum Gasteiger partial charge on any atom is 0.416 e. The van der Waals surface area contributed by atoms with Gasteiger partial charge in [-0.2, -0.15) is 17.5 Å². The number of sulfonamides is 1. The van der Waals surface area contributed by atoms with Crippen LogP contribution in [0.3, 0.4) is 0 Å². The number of likely N-dealkylation sites (N-methyl/N-ethyl adjacent to an activating group) is 1. The molecule has 0 aliphatic rings. The second-order valence-electron chi connectivity index (χ2n) is 6.66. The average Bonchev–Trinajstić information content (AvgIpc) is 2.50. The lowest BCUT2D eigenvalue weighted by molar-refractivity contribution is -0.137. The van der Waals surface area contributed by atoms with E-state index in [0.29, 0.717) is 16.4 Å². The zero-order valence-electron chi connectivity index (χ0n) is 14.9. The van der Waals surface area contributed by atoms with Gasteiger partial charge in [-0.3, -0.25) is 20.4 Å². The van der Waals surface area contributed by atoms with Crippen molar-refractivity contribution < 1.29 is 31.2 Å². The average molecular weight is 430 g/mol. The second-order valence-corrected chi connectivity index (χ2v) is 9.08. The van der Waals surface area contributed by atoms with E-state index in [0.717, 1.165) is 13.1 Å². The van der Waals surface area contributed by atoms with Crippen molar-refractivity contribution >= 4 is 33.4 Å². The zero-order chi connectivity index (χ0) is 21.2. The summed E-state index contributed by atoms with van der Waals surface area (Å²) in [4.78, 5) is 22.9. The van der Waals surface area contributed by atoms with Gasteiger partial charge in [0.25, 0.3) is 5.91 Å². The maximum absolute atomic E-state index is 12.7. The molecule has 0 fully saturated rings. The first-order chi connectivity index (χ1) is 12.1. The van der Waals surface area contributed by atoms with Gasteiger partial charge in [0.1, 0.15) is 4.90 Å². The predicted molar refractivity (Wildman–Crippen MR) is 92.0 cm³/mol. The maximum atomic E-state index is 12.7. The van der Waals surface area contributed by atoms with Gasteiger partial charge in [0.05, 0.1) is 17.1 Å². The Morgan fingerprint density at radius 3 is 2.15 bits per heavy atom. The van der Waals surface area contributed by atoms with E-state index in [1.165, 1.54) is 0 Å². The Morgan fingerprint density at radius 1 is 1.15 bits per heavy atom. The van der Waals surface area contributed by atoms with Crippen LogP contribution in [0.25, 0.3) is 0 Å². The monoisotopic (exact) mass is 429 g/mol. The number of rotatable bonds is 4. The summed E-state index contributed by atoms with van der Waals surface area (Å²) in [6.45, 7) is 4.14. The molecule has 0 radical (unpaired) electrons. The van der Waals surface area contributed by atoms with Crippen molar-refractivity contribution in [2.24, 2.45) is 5.41 Å². The van der Waals surface area contributed by atoms with Crippen molar-refractivity contribution in [1.29, 1.82) is 0 Å². The van der Waals surface area contributed by atoms with Crippen LogP contribution in [0.15, 0.2) is 23.1 Å². The molecule has 1 rings (SSSR count). The first-order valence-corrected chi connectivity index (χ1v) is 9.31. The van der Waals surface area contributed by atoms with E-state index in [9.17, 15) is 31.2 Å². The van der Waals surface area contributed by atoms with Crippen LogP contribution < -0.4 is 10.9 Å². The molecule has 12 heteroatoms. The summed E-state index contributed by atoms with van der Waals surface area (Å²) in [6, 6.07) is 1.79. The highest BCUT2D eigenvalue weighted by Gasteiger charge is 2.33. The minimum atomic E-state index is -4.68. The number of benzene rings is 1. The van der Waals surface area contributed by atoms with Crippen LogP contribution in [-0.4, -0.2) is 38.1 Å². The minimum Gasteiger partial charge on any atom is -0.273 e. The van der Waals surface area contributed by atoms with E-state index in [1.54, 1.807) is 20.8 Å². The molecule has 0 bridgehead atoms. The summed E-state index contributed by atoms with van der Waals surface area (Å²) < 4.78 is 63.4. The third-order valence-corrected chi connectivity index (χ3v) is 5.60. The van der Waals surface area contributed by atoms with Crippen molar-refractivity contribution in [2.45, 2.75) is 31.8 Å². The Labute approximate surface area is 159 Å². The number of nitrogens with one attached hydrogen (secondary N) is 2. The van der Waals surface area contributed by atoms with Gasteiger partial charge in [-0.1, -0.05) is 32.4 Å². The Bertz CT molecular complexity index is 836. The highest BCUT2D eigenvalue weighted by Crippen LogP contribution is 2.34. The van der Waals surface area contributed by atoms with Crippen molar-refractivity contribution in [2.75, 3.05) is 13.6 Å². The zero-order valence-corrected chi connectivity index (χ0v) is 16.5. The van der Waals surface area contributed by atoms with Gasteiger partial charge in [0.15, 0.2) is 0 Å². The standard InChI is InChI=1S/C15H19ClF3N3O4S/c1-14(2,3)13(24)21-20-12(23)8-22(4)27(25,26)11-6-5-9(7-10(11)16)15(17,18)19/h5-7H,8H2,1-4H3,(H,20,23)(H,21,24). The molecule has 7 nitrogen and oxygen atoms in total. The van der Waals surface area contributed by atoms with Crippen molar-refractivity contribution in [3.05, 3.63) is 28.8 Å². The fourth-order valence-electron chi connectivity index (χ4n) is 1.69. The van der Waals surface area contributed by atoms with Crippen LogP contribution in [0, 0.1) is 5.41 Å². The van der Waals surface area contributed by atoms with E-state index in [2.05, 4.69) is 10.9 Å². The SMILES string of the molecule is CN(CC(=O)NNC(=O)C(C)(C)C)S(=O)(=O)c1ccc(C(F)(F)F)cc1Cl. The first-order valence-electron chi connectivity index (χ1n) is 7.49. The highest BCUT2D eigenvalue weighted by molar-refractivity contribution is 7.89. The van der Waals surface area contributed by atoms with E-state index in [4.69, 9.17) is 11.6 Å². The molecule has 0 saturated heterocycles. The highest BCUT2D eigenvalue weighted by atomic mass is 35.5. The number of alkyl halides is 3. The molecule has 152 valence electrons. The molecule has 27 heavy (non-hydrogen) atoms. The Balaban J connectivity index is 2.89. The van der Waals surface area contributed by atoms with Gasteiger partial charge in [-0.15, -0.1) is 0 Å². The summed E-state index contributed by atoms with van der Waals surface area (Å²) in [5.74, 6) is -1.34. The van der Waals surface area contributed by atoms with Gasteiger partial charge in [0.2, 0.25) is 15.9 Å². The van der Waals surface area contributed by atoms with E-state index >= 15 is 0 Å². The lowest BCUT2D eigenvalue weighted by Crippen LogP contribution is -2.49. The lowest BCUT2D eigenvalue weighted by atomic mass is 9.96. The normalized spacial score (nSPS) is 12.8. The molecular weight excluding hydrogens is 411 g/mol. The number of hydrogen-bond donors (Lipinski definition) is 2. The van der Waals surface area contributed by atoms with Crippen LogP contribution in [0.2, 0.25) is 5.02 Å². The Kier molecular flexibility index (Phi) is 6.90. The molecule has 1 aromatic carbocycles. The predicted octanol–water partition coefficient (Wildman–Crippen LogP) is 2.17. The third kappa shape index (κ3) is 6.08. The molecule has 0 aromatic heterocycles. The van der Waals surface area contributed by atoms with Gasteiger partial charge in [0, 0.05) is 12.5 Å². The van der Waals surface area contributed by atoms with Crippen molar-refractivity contribution in [3.63, 3.8) is 0 Å². The van der Waals surface area contributed by atoms with Gasteiger partial charge in [-0.05, 0) is 18.2 Å². The molecule has 0 heterocycles. The molecule has 0 aliphatic carbocycles. The molecule has 0 atom stereocenters. The molecule has 0 spiro atoms. The van der Waals surface area contributed by atoms with E-state index < -0.39 is 55.5 Å². The number of carbonyl (C=O) groups excluding carboxylic acids is 2. The van der Waals surface area contributed by atoms with E-state index in [1.807, 2.05) is 0 Å². The quantitative estimate of drug-likeness (QED) is 0.717. The molecule has 1 aromatic rings. The number of hydrogen-bond acceptors (Lipinski definition) is 4. The second kappa shape index (κ2) is 8.03. The summed E-state index contributed by atoms with van der Waals surface area (Å²) >= 11 is 5.69. The molecule has 0 saturated carbocycles.